The molecule has 1 fully saturated rings. The number of amides is 1. The van der Waals surface area contributed by atoms with Gasteiger partial charge in [-0.2, -0.15) is 0 Å². The van der Waals surface area contributed by atoms with Gasteiger partial charge in [-0.3, -0.25) is 14.9 Å². The van der Waals surface area contributed by atoms with Gasteiger partial charge in [0.1, 0.15) is 5.56 Å². The summed E-state index contributed by atoms with van der Waals surface area (Å²) in [5.74, 6) is -0.0309. The van der Waals surface area contributed by atoms with Crippen LogP contribution < -0.4 is 11.1 Å². The fourth-order valence-corrected chi connectivity index (χ4v) is 3.25. The Kier molecular flexibility index (Phi) is 5.49. The standard InChI is InChI=1S/C16H23N3O3/c1-11-6-5-9-14(19(21)22)15(11)16(20)18-13(10-17)12-7-3-2-4-8-12/h5-6,9,12-13H,2-4,7-8,10,17H2,1H3,(H,18,20). The van der Waals surface area contributed by atoms with Gasteiger partial charge in [0.2, 0.25) is 0 Å². The second-order valence-corrected chi connectivity index (χ2v) is 5.94. The first-order chi connectivity index (χ1) is 10.5. The first-order valence-corrected chi connectivity index (χ1v) is 7.79. The molecule has 1 unspecified atom stereocenters. The van der Waals surface area contributed by atoms with E-state index in [0.29, 0.717) is 18.0 Å². The maximum atomic E-state index is 12.5. The number of carbonyl (C=O) groups excluding carboxylic acids is 1. The molecule has 1 aliphatic carbocycles. The van der Waals surface area contributed by atoms with Crippen molar-refractivity contribution in [2.75, 3.05) is 6.54 Å². The van der Waals surface area contributed by atoms with Gasteiger partial charge in [-0.25, -0.2) is 0 Å². The highest BCUT2D eigenvalue weighted by Crippen LogP contribution is 2.27. The molecule has 1 saturated carbocycles. The third-order valence-corrected chi connectivity index (χ3v) is 4.46. The van der Waals surface area contributed by atoms with Crippen LogP contribution in [0.2, 0.25) is 0 Å². The van der Waals surface area contributed by atoms with Gasteiger partial charge in [0.25, 0.3) is 11.6 Å². The molecule has 6 nitrogen and oxygen atoms in total. The van der Waals surface area contributed by atoms with Gasteiger partial charge >= 0.3 is 0 Å². The molecule has 1 aliphatic rings. The van der Waals surface area contributed by atoms with Crippen molar-refractivity contribution in [2.24, 2.45) is 11.7 Å². The van der Waals surface area contributed by atoms with Gasteiger partial charge in [0.05, 0.1) is 4.92 Å². The number of hydrogen-bond acceptors (Lipinski definition) is 4. The minimum Gasteiger partial charge on any atom is -0.348 e. The number of nitrogens with one attached hydrogen (secondary N) is 1. The van der Waals surface area contributed by atoms with E-state index >= 15 is 0 Å². The van der Waals surface area contributed by atoms with Crippen LogP contribution in [0.4, 0.5) is 5.69 Å². The molecule has 0 bridgehead atoms. The maximum Gasteiger partial charge on any atom is 0.282 e. The largest absolute Gasteiger partial charge is 0.348 e. The maximum absolute atomic E-state index is 12.5. The van der Waals surface area contributed by atoms with Crippen LogP contribution >= 0.6 is 0 Å². The molecule has 3 N–H and O–H groups in total. The molecule has 1 atom stereocenters. The van der Waals surface area contributed by atoms with E-state index in [1.54, 1.807) is 19.1 Å². The Hall–Kier alpha value is -1.95. The van der Waals surface area contributed by atoms with E-state index in [1.165, 1.54) is 12.5 Å². The third kappa shape index (κ3) is 3.62. The average Bonchev–Trinajstić information content (AvgIpc) is 2.52. The third-order valence-electron chi connectivity index (χ3n) is 4.46. The van der Waals surface area contributed by atoms with Crippen molar-refractivity contribution in [1.82, 2.24) is 5.32 Å². The molecule has 0 spiro atoms. The second kappa shape index (κ2) is 7.35. The van der Waals surface area contributed by atoms with Crippen molar-refractivity contribution < 1.29 is 9.72 Å². The lowest BCUT2D eigenvalue weighted by atomic mass is 9.83. The van der Waals surface area contributed by atoms with Gasteiger partial charge in [-0.1, -0.05) is 31.4 Å². The predicted octanol–water partition coefficient (Wildman–Crippen LogP) is 2.54. The number of nitro benzene ring substituents is 1. The summed E-state index contributed by atoms with van der Waals surface area (Å²) in [6, 6.07) is 4.54. The quantitative estimate of drug-likeness (QED) is 0.645. The Morgan fingerprint density at radius 2 is 2.09 bits per heavy atom. The number of aryl methyl sites for hydroxylation is 1. The lowest BCUT2D eigenvalue weighted by Gasteiger charge is -2.30. The van der Waals surface area contributed by atoms with Gasteiger partial charge in [-0.15, -0.1) is 0 Å². The molecule has 1 aromatic rings. The fourth-order valence-electron chi connectivity index (χ4n) is 3.25. The summed E-state index contributed by atoms with van der Waals surface area (Å²) >= 11 is 0. The number of benzene rings is 1. The molecule has 6 heteroatoms. The van der Waals surface area contributed by atoms with E-state index in [9.17, 15) is 14.9 Å². The van der Waals surface area contributed by atoms with Crippen LogP contribution in [0, 0.1) is 23.0 Å². The molecule has 1 amide bonds. The normalized spacial score (nSPS) is 17.0. The van der Waals surface area contributed by atoms with Crippen molar-refractivity contribution in [3.63, 3.8) is 0 Å². The zero-order valence-corrected chi connectivity index (χ0v) is 12.9. The lowest BCUT2D eigenvalue weighted by molar-refractivity contribution is -0.385. The SMILES string of the molecule is Cc1cccc([N+](=O)[O-])c1C(=O)NC(CN)C1CCCCC1. The highest BCUT2D eigenvalue weighted by Gasteiger charge is 2.28. The Balaban J connectivity index is 2.19. The number of nitrogens with zero attached hydrogens (tertiary/aromatic N) is 1. The minimum atomic E-state index is -0.514. The molecule has 22 heavy (non-hydrogen) atoms. The van der Waals surface area contributed by atoms with E-state index in [2.05, 4.69) is 5.32 Å². The van der Waals surface area contributed by atoms with Crippen LogP contribution in [0.3, 0.4) is 0 Å². The smallest absolute Gasteiger partial charge is 0.282 e. The summed E-state index contributed by atoms with van der Waals surface area (Å²) in [5.41, 5.74) is 6.41. The number of hydrogen-bond donors (Lipinski definition) is 2. The van der Waals surface area contributed by atoms with Crippen LogP contribution in [-0.2, 0) is 0 Å². The molecular weight excluding hydrogens is 282 g/mol. The van der Waals surface area contributed by atoms with Crippen LogP contribution in [0.1, 0.15) is 48.0 Å². The Morgan fingerprint density at radius 3 is 2.68 bits per heavy atom. The van der Waals surface area contributed by atoms with Gasteiger partial charge in [-0.05, 0) is 31.2 Å². The van der Waals surface area contributed by atoms with Gasteiger partial charge in [0.15, 0.2) is 0 Å². The highest BCUT2D eigenvalue weighted by atomic mass is 16.6. The van der Waals surface area contributed by atoms with Crippen LogP contribution in [0.25, 0.3) is 0 Å². The first kappa shape index (κ1) is 16.4. The van der Waals surface area contributed by atoms with Gasteiger partial charge in [0, 0.05) is 18.7 Å². The Labute approximate surface area is 130 Å². The van der Waals surface area contributed by atoms with E-state index in [-0.39, 0.29) is 17.3 Å². The lowest BCUT2D eigenvalue weighted by Crippen LogP contribution is -2.46. The zero-order valence-electron chi connectivity index (χ0n) is 12.9. The summed E-state index contributed by atoms with van der Waals surface area (Å²) < 4.78 is 0. The zero-order chi connectivity index (χ0) is 16.1. The second-order valence-electron chi connectivity index (χ2n) is 5.94. The van der Waals surface area contributed by atoms with Gasteiger partial charge < -0.3 is 11.1 Å². The first-order valence-electron chi connectivity index (χ1n) is 7.79. The minimum absolute atomic E-state index is 0.119. The summed E-state index contributed by atoms with van der Waals surface area (Å²) in [5, 5.41) is 14.1. The number of rotatable bonds is 5. The van der Waals surface area contributed by atoms with Crippen LogP contribution in [0.5, 0.6) is 0 Å². The number of carbonyl (C=O) groups is 1. The number of nitro groups is 1. The molecule has 2 rings (SSSR count). The summed E-state index contributed by atoms with van der Waals surface area (Å²) in [6.45, 7) is 2.07. The molecule has 0 aromatic heterocycles. The van der Waals surface area contributed by atoms with Crippen molar-refractivity contribution >= 4 is 11.6 Å². The molecular formula is C16H23N3O3. The topological polar surface area (TPSA) is 98.3 Å². The molecule has 0 heterocycles. The van der Waals surface area contributed by atoms with Crippen LogP contribution in [-0.4, -0.2) is 23.4 Å². The van der Waals surface area contributed by atoms with Crippen molar-refractivity contribution in [2.45, 2.75) is 45.1 Å². The Bertz CT molecular complexity index is 554. The van der Waals surface area contributed by atoms with E-state index < -0.39 is 10.8 Å². The predicted molar refractivity (Wildman–Crippen MR) is 84.7 cm³/mol. The van der Waals surface area contributed by atoms with E-state index in [0.717, 1.165) is 25.7 Å². The summed E-state index contributed by atoms with van der Waals surface area (Å²) in [4.78, 5) is 23.2. The monoisotopic (exact) mass is 305 g/mol. The number of nitrogens with two attached hydrogens (primary N) is 1. The summed E-state index contributed by atoms with van der Waals surface area (Å²) in [7, 11) is 0. The molecule has 0 radical (unpaired) electrons. The van der Waals surface area contributed by atoms with E-state index in [4.69, 9.17) is 5.73 Å². The van der Waals surface area contributed by atoms with Crippen molar-refractivity contribution in [3.05, 3.63) is 39.4 Å². The Morgan fingerprint density at radius 1 is 1.41 bits per heavy atom. The molecule has 0 saturated heterocycles. The van der Waals surface area contributed by atoms with Crippen LogP contribution in [0.15, 0.2) is 18.2 Å². The average molecular weight is 305 g/mol. The fraction of sp³-hybridized carbons (Fsp3) is 0.562. The van der Waals surface area contributed by atoms with Crippen molar-refractivity contribution in [3.8, 4) is 0 Å². The summed E-state index contributed by atoms with van der Waals surface area (Å²) in [6.07, 6.45) is 5.64. The molecule has 120 valence electrons. The molecule has 1 aromatic carbocycles. The highest BCUT2D eigenvalue weighted by molar-refractivity contribution is 5.99. The van der Waals surface area contributed by atoms with Crippen molar-refractivity contribution in [1.29, 1.82) is 0 Å². The molecule has 0 aliphatic heterocycles. The van der Waals surface area contributed by atoms with E-state index in [1.807, 2.05) is 0 Å².